The zero-order chi connectivity index (χ0) is 22.8. The second-order valence-corrected chi connectivity index (χ2v) is 7.83. The van der Waals surface area contributed by atoms with Gasteiger partial charge in [0.25, 0.3) is 5.91 Å². The van der Waals surface area contributed by atoms with Crippen molar-refractivity contribution in [2.24, 2.45) is 11.7 Å². The lowest BCUT2D eigenvalue weighted by Crippen LogP contribution is -2.46. The number of hydrogen-bond acceptors (Lipinski definition) is 7. The summed E-state index contributed by atoms with van der Waals surface area (Å²) in [6, 6.07) is 2.97. The first-order valence-corrected chi connectivity index (χ1v) is 10.1. The van der Waals surface area contributed by atoms with Gasteiger partial charge in [-0.1, -0.05) is 6.92 Å². The quantitative estimate of drug-likeness (QED) is 0.521. The number of amides is 3. The van der Waals surface area contributed by atoms with Crippen molar-refractivity contribution in [3.05, 3.63) is 41.9 Å². The fourth-order valence-electron chi connectivity index (χ4n) is 3.93. The van der Waals surface area contributed by atoms with Crippen molar-refractivity contribution in [2.45, 2.75) is 25.8 Å². The molecule has 1 fully saturated rings. The zero-order valence-corrected chi connectivity index (χ0v) is 17.7. The van der Waals surface area contributed by atoms with Crippen molar-refractivity contribution >= 4 is 34.4 Å². The number of aromatic nitrogens is 4. The molecule has 4 N–H and O–H groups in total. The second kappa shape index (κ2) is 8.61. The number of primary amides is 1. The van der Waals surface area contributed by atoms with Gasteiger partial charge >= 0.3 is 11.8 Å². The number of methoxy groups -OCH3 is 1. The molecule has 3 aromatic heterocycles. The van der Waals surface area contributed by atoms with Gasteiger partial charge in [0, 0.05) is 18.1 Å². The topological polar surface area (TPSA) is 156 Å². The number of rotatable bonds is 4. The molecule has 32 heavy (non-hydrogen) atoms. The number of H-pyrrole nitrogens is 1. The molecular formula is C21H23N7O4. The van der Waals surface area contributed by atoms with Crippen LogP contribution in [0.15, 0.2) is 30.7 Å². The lowest BCUT2D eigenvalue weighted by molar-refractivity contribution is -0.146. The summed E-state index contributed by atoms with van der Waals surface area (Å²) in [4.78, 5) is 47.4. The third kappa shape index (κ3) is 4.09. The number of fused-ring (bicyclic) bond motifs is 1. The Morgan fingerprint density at radius 1 is 1.19 bits per heavy atom. The van der Waals surface area contributed by atoms with Gasteiger partial charge in [0.15, 0.2) is 5.65 Å². The molecule has 1 aliphatic rings. The number of pyridine rings is 2. The van der Waals surface area contributed by atoms with E-state index in [1.807, 2.05) is 13.0 Å². The highest BCUT2D eigenvalue weighted by molar-refractivity contribution is 6.39. The van der Waals surface area contributed by atoms with Crippen LogP contribution >= 0.6 is 0 Å². The summed E-state index contributed by atoms with van der Waals surface area (Å²) in [5, 5.41) is 10.1. The molecule has 11 heteroatoms. The first kappa shape index (κ1) is 21.2. The summed E-state index contributed by atoms with van der Waals surface area (Å²) < 4.78 is 5.00. The maximum absolute atomic E-state index is 13.1. The number of carbonyl (C=O) groups is 3. The molecule has 0 bridgehead atoms. The van der Waals surface area contributed by atoms with Gasteiger partial charge in [0.2, 0.25) is 5.88 Å². The van der Waals surface area contributed by atoms with E-state index in [-0.39, 0.29) is 29.1 Å². The van der Waals surface area contributed by atoms with Crippen LogP contribution in [0.2, 0.25) is 0 Å². The van der Waals surface area contributed by atoms with Crippen LogP contribution in [0.3, 0.4) is 0 Å². The number of carbonyl (C=O) groups excluding carboxylic acids is 3. The Balaban J connectivity index is 1.57. The van der Waals surface area contributed by atoms with Gasteiger partial charge in [-0.25, -0.2) is 9.97 Å². The average Bonchev–Trinajstić information content (AvgIpc) is 3.26. The van der Waals surface area contributed by atoms with Crippen molar-refractivity contribution in [1.82, 2.24) is 25.1 Å². The monoisotopic (exact) mass is 437 g/mol. The minimum Gasteiger partial charge on any atom is -0.480 e. The van der Waals surface area contributed by atoms with Crippen molar-refractivity contribution in [3.63, 3.8) is 0 Å². The summed E-state index contributed by atoms with van der Waals surface area (Å²) >= 11 is 0. The van der Waals surface area contributed by atoms with E-state index in [4.69, 9.17) is 10.5 Å². The van der Waals surface area contributed by atoms with E-state index >= 15 is 0 Å². The van der Waals surface area contributed by atoms with Crippen LogP contribution in [0.5, 0.6) is 5.88 Å². The molecular weight excluding hydrogens is 414 g/mol. The molecule has 2 atom stereocenters. The lowest BCUT2D eigenvalue weighted by Gasteiger charge is -2.38. The molecule has 1 aliphatic heterocycles. The Hall–Kier alpha value is -4.02. The summed E-state index contributed by atoms with van der Waals surface area (Å²) in [7, 11) is 1.35. The zero-order valence-electron chi connectivity index (χ0n) is 17.7. The van der Waals surface area contributed by atoms with E-state index < -0.39 is 17.7 Å². The molecule has 0 saturated carbocycles. The molecule has 3 amide bonds. The highest BCUT2D eigenvalue weighted by Crippen LogP contribution is 2.34. The Morgan fingerprint density at radius 2 is 2.00 bits per heavy atom. The smallest absolute Gasteiger partial charge is 0.313 e. The summed E-state index contributed by atoms with van der Waals surface area (Å²) in [5.41, 5.74) is 7.01. The van der Waals surface area contributed by atoms with Gasteiger partial charge in [0.1, 0.15) is 5.56 Å². The maximum atomic E-state index is 13.1. The van der Waals surface area contributed by atoms with Gasteiger partial charge in [0.05, 0.1) is 31.2 Å². The average molecular weight is 437 g/mol. The molecule has 0 unspecified atom stereocenters. The summed E-state index contributed by atoms with van der Waals surface area (Å²) in [6.07, 6.45) is 6.30. The van der Waals surface area contributed by atoms with Crippen LogP contribution in [0.4, 0.5) is 5.69 Å². The third-order valence-electron chi connectivity index (χ3n) is 5.54. The predicted molar refractivity (Wildman–Crippen MR) is 115 cm³/mol. The molecule has 3 aromatic rings. The number of piperidine rings is 1. The Bertz CT molecular complexity index is 1190. The van der Waals surface area contributed by atoms with E-state index in [0.717, 1.165) is 17.4 Å². The molecule has 0 spiro atoms. The number of hydrogen-bond donors (Lipinski definition) is 3. The number of anilines is 1. The van der Waals surface area contributed by atoms with Crippen LogP contribution in [0.1, 0.15) is 41.7 Å². The molecule has 166 valence electrons. The second-order valence-electron chi connectivity index (χ2n) is 7.83. The maximum Gasteiger partial charge on any atom is 0.313 e. The number of aromatic amines is 1. The molecule has 1 saturated heterocycles. The van der Waals surface area contributed by atoms with E-state index in [9.17, 15) is 14.4 Å². The summed E-state index contributed by atoms with van der Waals surface area (Å²) in [5.74, 6) is -1.98. The largest absolute Gasteiger partial charge is 0.480 e. The molecule has 4 rings (SSSR count). The fraction of sp³-hybridized carbons (Fsp3) is 0.333. The number of ether oxygens (including phenoxy) is 1. The lowest BCUT2D eigenvalue weighted by atomic mass is 9.90. The number of nitrogens with one attached hydrogen (secondary N) is 2. The standard InChI is InChI=1S/C21H23N7O4/c1-11-3-4-16(12-5-13-8-25-27-18(13)23-7-12)28(10-11)21(31)19(30)26-14-6-15(17(22)29)20(32-2)24-9-14/h5-9,11,16H,3-4,10H2,1-2H3,(H2,22,29)(H,26,30)(H,23,25,27)/t11-,16+/m1/s1. The number of nitrogens with two attached hydrogens (primary N) is 1. The van der Waals surface area contributed by atoms with E-state index in [1.165, 1.54) is 19.4 Å². The number of nitrogens with zero attached hydrogens (tertiary/aromatic N) is 4. The Morgan fingerprint density at radius 3 is 2.75 bits per heavy atom. The van der Waals surface area contributed by atoms with Gasteiger partial charge in [-0.3, -0.25) is 19.5 Å². The van der Waals surface area contributed by atoms with Gasteiger partial charge in [-0.05, 0) is 36.5 Å². The summed E-state index contributed by atoms with van der Waals surface area (Å²) in [6.45, 7) is 2.48. The van der Waals surface area contributed by atoms with Crippen LogP contribution in [-0.2, 0) is 9.59 Å². The minimum absolute atomic E-state index is 0.00158. The van der Waals surface area contributed by atoms with Crippen LogP contribution in [0, 0.1) is 5.92 Å². The van der Waals surface area contributed by atoms with Crippen molar-refractivity contribution < 1.29 is 19.1 Å². The highest BCUT2D eigenvalue weighted by Gasteiger charge is 2.34. The van der Waals surface area contributed by atoms with E-state index in [2.05, 4.69) is 25.5 Å². The third-order valence-corrected chi connectivity index (χ3v) is 5.54. The van der Waals surface area contributed by atoms with Crippen LogP contribution in [-0.4, -0.2) is 56.4 Å². The predicted octanol–water partition coefficient (Wildman–Crippen LogP) is 1.40. The molecule has 0 radical (unpaired) electrons. The number of likely N-dealkylation sites (tertiary alicyclic amines) is 1. The Labute approximate surface area is 183 Å². The van der Waals surface area contributed by atoms with Gasteiger partial charge in [-0.2, -0.15) is 5.10 Å². The van der Waals surface area contributed by atoms with Crippen LogP contribution in [0.25, 0.3) is 11.0 Å². The molecule has 4 heterocycles. The first-order chi connectivity index (χ1) is 15.4. The minimum atomic E-state index is -0.830. The van der Waals surface area contributed by atoms with Crippen molar-refractivity contribution in [1.29, 1.82) is 0 Å². The molecule has 0 aromatic carbocycles. The van der Waals surface area contributed by atoms with Crippen molar-refractivity contribution in [2.75, 3.05) is 19.0 Å². The SMILES string of the molecule is COc1ncc(NC(=O)C(=O)N2C[C@H](C)CC[C@H]2c2cnc3[nH]ncc3c2)cc1C(N)=O. The van der Waals surface area contributed by atoms with E-state index in [0.29, 0.717) is 18.6 Å². The van der Waals surface area contributed by atoms with E-state index in [1.54, 1.807) is 17.3 Å². The Kier molecular flexibility index (Phi) is 5.71. The van der Waals surface area contributed by atoms with Gasteiger partial charge < -0.3 is 20.7 Å². The first-order valence-electron chi connectivity index (χ1n) is 10.1. The molecule has 0 aliphatic carbocycles. The van der Waals surface area contributed by atoms with Crippen molar-refractivity contribution in [3.8, 4) is 5.88 Å². The molecule has 11 nitrogen and oxygen atoms in total. The fourth-order valence-corrected chi connectivity index (χ4v) is 3.93. The normalized spacial score (nSPS) is 18.4. The van der Waals surface area contributed by atoms with Crippen LogP contribution < -0.4 is 15.8 Å². The highest BCUT2D eigenvalue weighted by atomic mass is 16.5. The van der Waals surface area contributed by atoms with Gasteiger partial charge in [-0.15, -0.1) is 0 Å².